The minimum absolute atomic E-state index is 0.0121. The Bertz CT molecular complexity index is 2050. The second-order valence-electron chi connectivity index (χ2n) is 12.1. The number of carboxylic acid groups (broad SMARTS) is 1. The lowest BCUT2D eigenvalue weighted by Crippen LogP contribution is -2.57. The van der Waals surface area contributed by atoms with Gasteiger partial charge in [0.05, 0.1) is 0 Å². The molecule has 0 heterocycles. The number of carbonyl (C=O) groups excluding carboxylic acids is 4. The third-order valence-electron chi connectivity index (χ3n) is 7.90. The summed E-state index contributed by atoms with van der Waals surface area (Å²) in [5.74, 6) is -5.64. The molecule has 0 aliphatic rings. The van der Waals surface area contributed by atoms with Crippen molar-refractivity contribution in [3.63, 3.8) is 0 Å². The molecule has 0 bridgehead atoms. The monoisotopic (exact) mass is 960 g/mol. The number of rotatable bonds is 18. The number of nitrogens with one attached hydrogen (secondary N) is 3. The zero-order valence-corrected chi connectivity index (χ0v) is 33.2. The lowest BCUT2D eigenvalue weighted by Gasteiger charge is -2.25. The number of halogens is 6. The van der Waals surface area contributed by atoms with Crippen molar-refractivity contribution in [2.75, 3.05) is 0 Å². The maximum absolute atomic E-state index is 14.3. The van der Waals surface area contributed by atoms with Crippen LogP contribution in [0.1, 0.15) is 45.5 Å². The van der Waals surface area contributed by atoms with Crippen LogP contribution < -0.4 is 21.7 Å². The Morgan fingerprint density at radius 3 is 1.45 bits per heavy atom. The molecule has 0 fully saturated rings. The number of hydrogen-bond donors (Lipinski definition) is 9. The van der Waals surface area contributed by atoms with E-state index < -0.39 is 111 Å². The van der Waals surface area contributed by atoms with Crippen molar-refractivity contribution in [3.8, 4) is 0 Å². The highest BCUT2D eigenvalue weighted by Crippen LogP contribution is 2.60. The summed E-state index contributed by atoms with van der Waals surface area (Å²) in [7, 11) is -11.9. The van der Waals surface area contributed by atoms with Crippen LogP contribution in [0.15, 0.2) is 75.7 Å². The molecular weight excluding hydrogens is 930 g/mol. The highest BCUT2D eigenvalue weighted by atomic mass is 79.9. The van der Waals surface area contributed by atoms with E-state index in [4.69, 9.17) is 25.3 Å². The van der Waals surface area contributed by atoms with Gasteiger partial charge in [-0.1, -0.05) is 80.4 Å². The van der Waals surface area contributed by atoms with Crippen LogP contribution in [0.25, 0.3) is 0 Å². The van der Waals surface area contributed by atoms with Gasteiger partial charge in [0.15, 0.2) is 0 Å². The van der Waals surface area contributed by atoms with Gasteiger partial charge in [-0.15, -0.1) is 0 Å². The molecule has 0 spiro atoms. The molecule has 304 valence electrons. The molecule has 0 radical (unpaired) electrons. The summed E-state index contributed by atoms with van der Waals surface area (Å²) >= 11 is 6.43. The molecule has 3 aromatic carbocycles. The van der Waals surface area contributed by atoms with Crippen molar-refractivity contribution < 1.29 is 75.3 Å². The number of alkyl halides is 4. The molecule has 10 N–H and O–H groups in total. The Morgan fingerprint density at radius 2 is 1.05 bits per heavy atom. The van der Waals surface area contributed by atoms with Gasteiger partial charge in [0.2, 0.25) is 17.7 Å². The van der Waals surface area contributed by atoms with E-state index in [-0.39, 0.29) is 16.7 Å². The van der Waals surface area contributed by atoms with Crippen LogP contribution in [0.5, 0.6) is 0 Å². The van der Waals surface area contributed by atoms with E-state index >= 15 is 0 Å². The first kappa shape index (κ1) is 46.4. The van der Waals surface area contributed by atoms with Gasteiger partial charge in [-0.25, -0.2) is 0 Å². The van der Waals surface area contributed by atoms with Crippen LogP contribution in [-0.2, 0) is 52.5 Å². The minimum Gasteiger partial charge on any atom is -0.481 e. The lowest BCUT2D eigenvalue weighted by atomic mass is 10.0. The van der Waals surface area contributed by atoms with Crippen LogP contribution in [0.3, 0.4) is 0 Å². The summed E-state index contributed by atoms with van der Waals surface area (Å²) in [6, 6.07) is 5.96. The maximum atomic E-state index is 14.3. The number of hydrogen-bond acceptors (Lipinski definition) is 7. The third-order valence-corrected chi connectivity index (χ3v) is 10.8. The SMILES string of the molecule is NC(=O)[C@H](Cc1ccc(C(F)(F)P(=O)(O)O)cc1)NC(=O)[C@H](Cc1ccc(C(F)(F)P(=O)(O)O)cc1)NC(=O)[C@H](CCC(=O)O)NC(=O)c1cc(Br)cc(Br)c1. The standard InChI is InChI=1S/C32H32Br2F4N4O12P2/c33-21-13-18(14-22(34)15-21)28(46)40-23(9-10-26(43)44)29(47)42-25(12-17-3-7-20(8-4-17)32(37,38)56(52,53)54)30(48)41-24(27(39)45)11-16-1-5-19(6-2-16)31(35,36)55(49,50)51/h1-8,13-15,23-25H,9-12H2,(H2,39,45)(H,40,46)(H,41,48)(H,42,47)(H,43,44)(H2,49,50,51)(H2,52,53,54)/t23-,24-,25-/m0/s1. The van der Waals surface area contributed by atoms with Gasteiger partial charge in [0.25, 0.3) is 5.91 Å². The van der Waals surface area contributed by atoms with Crippen molar-refractivity contribution >= 4 is 76.6 Å². The number of primary amides is 1. The van der Waals surface area contributed by atoms with E-state index in [0.29, 0.717) is 33.2 Å². The average Bonchev–Trinajstić information content (AvgIpc) is 3.08. The molecular formula is C32H32Br2F4N4O12P2. The Morgan fingerprint density at radius 1 is 0.661 bits per heavy atom. The largest absolute Gasteiger partial charge is 0.481 e. The topological polar surface area (TPSA) is 283 Å². The molecule has 0 unspecified atom stereocenters. The predicted octanol–water partition coefficient (Wildman–Crippen LogP) is 3.57. The summed E-state index contributed by atoms with van der Waals surface area (Å²) in [6.45, 7) is 0. The smallest absolute Gasteiger partial charge is 0.399 e. The Labute approximate surface area is 331 Å². The Balaban J connectivity index is 1.95. The molecule has 0 saturated carbocycles. The zero-order valence-electron chi connectivity index (χ0n) is 28.2. The van der Waals surface area contributed by atoms with E-state index in [9.17, 15) is 55.8 Å². The Kier molecular flexibility index (Phi) is 15.3. The first-order chi connectivity index (χ1) is 25.7. The molecule has 4 amide bonds. The number of benzene rings is 3. The molecule has 3 rings (SSSR count). The number of carboxylic acids is 1. The van der Waals surface area contributed by atoms with Gasteiger partial charge in [-0.2, -0.15) is 17.6 Å². The van der Waals surface area contributed by atoms with Crippen molar-refractivity contribution in [2.45, 2.75) is 55.1 Å². The van der Waals surface area contributed by atoms with Crippen LogP contribution in [0, 0.1) is 0 Å². The van der Waals surface area contributed by atoms with E-state index in [1.54, 1.807) is 6.07 Å². The fraction of sp³-hybridized carbons (Fsp3) is 0.281. The van der Waals surface area contributed by atoms with Crippen molar-refractivity contribution in [2.24, 2.45) is 5.73 Å². The summed E-state index contributed by atoms with van der Waals surface area (Å²) in [5.41, 5.74) is -5.70. The van der Waals surface area contributed by atoms with E-state index in [1.165, 1.54) is 12.1 Å². The fourth-order valence-electron chi connectivity index (χ4n) is 4.93. The van der Waals surface area contributed by atoms with Crippen LogP contribution >= 0.6 is 47.1 Å². The summed E-state index contributed by atoms with van der Waals surface area (Å²) in [6.07, 6.45) is -2.18. The number of nitrogens with two attached hydrogens (primary N) is 1. The Hall–Kier alpha value is -4.01. The maximum Gasteiger partial charge on any atom is 0.399 e. The number of carbonyl (C=O) groups is 5. The highest BCUT2D eigenvalue weighted by Gasteiger charge is 2.51. The molecule has 0 aliphatic heterocycles. The molecule has 16 nitrogen and oxygen atoms in total. The quantitative estimate of drug-likeness (QED) is 0.0654. The number of aliphatic carboxylic acids is 1. The summed E-state index contributed by atoms with van der Waals surface area (Å²) in [4.78, 5) is 100. The normalized spacial score (nSPS) is 13.9. The van der Waals surface area contributed by atoms with Crippen molar-refractivity contribution in [1.82, 2.24) is 16.0 Å². The molecule has 0 saturated heterocycles. The van der Waals surface area contributed by atoms with Gasteiger partial charge in [0, 0.05) is 44.9 Å². The van der Waals surface area contributed by atoms with Crippen molar-refractivity contribution in [3.05, 3.63) is 103 Å². The first-order valence-electron chi connectivity index (χ1n) is 15.7. The molecule has 0 aromatic heterocycles. The predicted molar refractivity (Wildman–Crippen MR) is 195 cm³/mol. The average molecular weight is 962 g/mol. The first-order valence-corrected chi connectivity index (χ1v) is 20.5. The molecule has 0 aliphatic carbocycles. The van der Waals surface area contributed by atoms with Gasteiger partial charge in [-0.3, -0.25) is 33.1 Å². The summed E-state index contributed by atoms with van der Waals surface area (Å²) in [5, 5.41) is 16.3. The van der Waals surface area contributed by atoms with E-state index in [2.05, 4.69) is 47.8 Å². The highest BCUT2D eigenvalue weighted by molar-refractivity contribution is 9.11. The fourth-order valence-corrected chi connectivity index (χ4v) is 7.19. The van der Waals surface area contributed by atoms with E-state index in [1.807, 2.05) is 0 Å². The van der Waals surface area contributed by atoms with Crippen molar-refractivity contribution in [1.29, 1.82) is 0 Å². The van der Waals surface area contributed by atoms with E-state index in [0.717, 1.165) is 24.3 Å². The van der Waals surface area contributed by atoms with Gasteiger partial charge < -0.3 is 46.4 Å². The van der Waals surface area contributed by atoms with Gasteiger partial charge >= 0.3 is 32.5 Å². The van der Waals surface area contributed by atoms with Crippen LogP contribution in [0.4, 0.5) is 17.6 Å². The third kappa shape index (κ3) is 12.2. The van der Waals surface area contributed by atoms with Crippen LogP contribution in [-0.4, -0.2) is 72.4 Å². The van der Waals surface area contributed by atoms with Gasteiger partial charge in [-0.05, 0) is 35.7 Å². The molecule has 56 heavy (non-hydrogen) atoms. The minimum atomic E-state index is -5.96. The second-order valence-corrected chi connectivity index (χ2v) is 17.2. The zero-order chi connectivity index (χ0) is 42.4. The second kappa shape index (κ2) is 18.5. The van der Waals surface area contributed by atoms with Gasteiger partial charge in [0.1, 0.15) is 18.1 Å². The molecule has 3 aromatic rings. The van der Waals surface area contributed by atoms with Crippen LogP contribution in [0.2, 0.25) is 0 Å². The molecule has 3 atom stereocenters. The molecule has 24 heteroatoms. The summed E-state index contributed by atoms with van der Waals surface area (Å²) < 4.78 is 80.4. The lowest BCUT2D eigenvalue weighted by molar-refractivity contribution is -0.137. The number of amides is 4.